The molecular formula is C38H54N2O2. The molecule has 1 amide bonds. The van der Waals surface area contributed by atoms with Crippen molar-refractivity contribution in [2.75, 3.05) is 13.2 Å². The molecule has 0 aliphatic heterocycles. The molecule has 0 bridgehead atoms. The third-order valence-electron chi connectivity index (χ3n) is 8.53. The van der Waals surface area contributed by atoms with Gasteiger partial charge in [0.25, 0.3) is 0 Å². The topological polar surface area (TPSA) is 64.3 Å². The smallest absolute Gasteiger partial charge is 0.248 e. The van der Waals surface area contributed by atoms with Crippen molar-refractivity contribution in [3.05, 3.63) is 77.4 Å². The first-order valence-electron chi connectivity index (χ1n) is 16.0. The predicted molar refractivity (Wildman–Crippen MR) is 180 cm³/mol. The Labute approximate surface area is 255 Å². The maximum atomic E-state index is 11.5. The first kappa shape index (κ1) is 33.4. The fourth-order valence-electron chi connectivity index (χ4n) is 5.44. The molecule has 0 heterocycles. The fourth-order valence-corrected chi connectivity index (χ4v) is 5.44. The van der Waals surface area contributed by atoms with Gasteiger partial charge in [0.2, 0.25) is 5.91 Å². The average molecular weight is 571 g/mol. The summed E-state index contributed by atoms with van der Waals surface area (Å²) in [5.41, 5.74) is 13.6. The van der Waals surface area contributed by atoms with E-state index in [1.807, 2.05) is 12.1 Å². The Hall–Kier alpha value is -3.11. The Balaban J connectivity index is 0.00000114. The summed E-state index contributed by atoms with van der Waals surface area (Å²) in [7, 11) is 0. The zero-order valence-corrected chi connectivity index (χ0v) is 27.4. The number of benzene rings is 3. The van der Waals surface area contributed by atoms with Gasteiger partial charge < -0.3 is 15.8 Å². The summed E-state index contributed by atoms with van der Waals surface area (Å²) < 4.78 is 6.39. The van der Waals surface area contributed by atoms with Gasteiger partial charge in [0, 0.05) is 17.2 Å². The Kier molecular flexibility index (Phi) is 11.8. The van der Waals surface area contributed by atoms with Gasteiger partial charge in [0.1, 0.15) is 5.75 Å². The van der Waals surface area contributed by atoms with Crippen molar-refractivity contribution in [1.29, 1.82) is 0 Å². The lowest BCUT2D eigenvalue weighted by Crippen LogP contribution is -2.33. The molecule has 0 atom stereocenters. The minimum atomic E-state index is -0.413. The van der Waals surface area contributed by atoms with Gasteiger partial charge in [-0.3, -0.25) is 4.79 Å². The highest BCUT2D eigenvalue weighted by atomic mass is 16.5. The summed E-state index contributed by atoms with van der Waals surface area (Å²) in [6.45, 7) is 19.8. The zero-order chi connectivity index (χ0) is 30.9. The second-order valence-electron chi connectivity index (χ2n) is 13.3. The molecule has 4 nitrogen and oxygen atoms in total. The monoisotopic (exact) mass is 570 g/mol. The van der Waals surface area contributed by atoms with E-state index in [0.717, 1.165) is 41.8 Å². The van der Waals surface area contributed by atoms with Crippen LogP contribution in [0.25, 0.3) is 22.3 Å². The standard InChI is InChI=1S/C34H44N2O2.C4H10/c1-23(2)36-19-7-8-20-38-31-16-14-26(24-9-11-25(12-10-24)32(35)37)21-28(31)27-13-15-29-30(22-27)34(5,6)18-17-33(29,3)4;1-3-4-2/h9-16,21-23,36H,7-8,17-20H2,1-6H3,(H2,35,37);3-4H2,1-2H3. The van der Waals surface area contributed by atoms with Crippen LogP contribution in [0.3, 0.4) is 0 Å². The molecule has 0 aromatic heterocycles. The molecule has 3 aromatic carbocycles. The molecule has 0 saturated carbocycles. The van der Waals surface area contributed by atoms with Crippen molar-refractivity contribution >= 4 is 5.91 Å². The molecule has 3 aromatic rings. The number of hydrogen-bond acceptors (Lipinski definition) is 3. The molecular weight excluding hydrogens is 516 g/mol. The highest BCUT2D eigenvalue weighted by Crippen LogP contribution is 2.47. The Morgan fingerprint density at radius 1 is 0.810 bits per heavy atom. The summed E-state index contributed by atoms with van der Waals surface area (Å²) in [5.74, 6) is 0.497. The van der Waals surface area contributed by atoms with Gasteiger partial charge in [-0.05, 0) is 95.1 Å². The van der Waals surface area contributed by atoms with Crippen molar-refractivity contribution in [2.45, 2.75) is 111 Å². The highest BCUT2D eigenvalue weighted by molar-refractivity contribution is 5.93. The molecule has 42 heavy (non-hydrogen) atoms. The maximum absolute atomic E-state index is 11.5. The molecule has 3 N–H and O–H groups in total. The SMILES string of the molecule is CC(C)NCCCCOc1ccc(-c2ccc(C(N)=O)cc2)cc1-c1ccc2c(c1)C(C)(C)CCC2(C)C.CCCC. The second kappa shape index (κ2) is 14.9. The van der Waals surface area contributed by atoms with Gasteiger partial charge in [0.05, 0.1) is 6.61 Å². The number of unbranched alkanes of at least 4 members (excludes halogenated alkanes) is 2. The lowest BCUT2D eigenvalue weighted by molar-refractivity contribution is 0.100. The largest absolute Gasteiger partial charge is 0.493 e. The number of hydrogen-bond donors (Lipinski definition) is 2. The summed E-state index contributed by atoms with van der Waals surface area (Å²) in [5, 5.41) is 3.48. The first-order chi connectivity index (χ1) is 19.9. The molecule has 0 spiro atoms. The first-order valence-corrected chi connectivity index (χ1v) is 16.0. The number of carbonyl (C=O) groups is 1. The van der Waals surface area contributed by atoms with Crippen molar-refractivity contribution in [3.63, 3.8) is 0 Å². The lowest BCUT2D eigenvalue weighted by atomic mass is 9.63. The lowest BCUT2D eigenvalue weighted by Gasteiger charge is -2.42. The van der Waals surface area contributed by atoms with Crippen LogP contribution in [0.1, 0.15) is 115 Å². The Morgan fingerprint density at radius 3 is 2.00 bits per heavy atom. The number of ether oxygens (including phenoxy) is 1. The van der Waals surface area contributed by atoms with Crippen molar-refractivity contribution in [1.82, 2.24) is 5.32 Å². The number of nitrogens with one attached hydrogen (secondary N) is 1. The third kappa shape index (κ3) is 8.70. The summed E-state index contributed by atoms with van der Waals surface area (Å²) in [6, 6.07) is 21.4. The number of amides is 1. The van der Waals surface area contributed by atoms with Crippen molar-refractivity contribution < 1.29 is 9.53 Å². The van der Waals surface area contributed by atoms with E-state index in [9.17, 15) is 4.79 Å². The Bertz CT molecular complexity index is 1300. The predicted octanol–water partition coefficient (Wildman–Crippen LogP) is 9.43. The average Bonchev–Trinajstić information content (AvgIpc) is 2.97. The quantitative estimate of drug-likeness (QED) is 0.226. The third-order valence-corrected chi connectivity index (χ3v) is 8.53. The van der Waals surface area contributed by atoms with Crippen LogP contribution in [0.15, 0.2) is 60.7 Å². The van der Waals surface area contributed by atoms with Gasteiger partial charge in [-0.25, -0.2) is 0 Å². The zero-order valence-electron chi connectivity index (χ0n) is 27.4. The fraction of sp³-hybridized carbons (Fsp3) is 0.500. The molecule has 0 saturated heterocycles. The molecule has 1 aliphatic rings. The van der Waals surface area contributed by atoms with E-state index in [1.165, 1.54) is 42.4 Å². The van der Waals surface area contributed by atoms with E-state index >= 15 is 0 Å². The van der Waals surface area contributed by atoms with Crippen LogP contribution in [0.4, 0.5) is 0 Å². The van der Waals surface area contributed by atoms with Gasteiger partial charge in [-0.1, -0.05) is 105 Å². The number of rotatable bonds is 11. The van der Waals surface area contributed by atoms with Crippen LogP contribution in [-0.2, 0) is 10.8 Å². The van der Waals surface area contributed by atoms with Crippen LogP contribution in [0.2, 0.25) is 0 Å². The maximum Gasteiger partial charge on any atom is 0.248 e. The van der Waals surface area contributed by atoms with Gasteiger partial charge >= 0.3 is 0 Å². The van der Waals surface area contributed by atoms with E-state index in [2.05, 4.69) is 97.1 Å². The van der Waals surface area contributed by atoms with Crippen LogP contribution >= 0.6 is 0 Å². The van der Waals surface area contributed by atoms with Crippen LogP contribution < -0.4 is 15.8 Å². The van der Waals surface area contributed by atoms with Crippen LogP contribution in [0.5, 0.6) is 5.75 Å². The molecule has 1 aliphatic carbocycles. The van der Waals surface area contributed by atoms with E-state index in [1.54, 1.807) is 12.1 Å². The highest BCUT2D eigenvalue weighted by Gasteiger charge is 2.37. The number of fused-ring (bicyclic) bond motifs is 1. The molecule has 0 fully saturated rings. The summed E-state index contributed by atoms with van der Waals surface area (Å²) in [6.07, 6.45) is 7.10. The molecule has 4 heteroatoms. The van der Waals surface area contributed by atoms with Crippen molar-refractivity contribution in [2.24, 2.45) is 5.73 Å². The van der Waals surface area contributed by atoms with E-state index in [0.29, 0.717) is 18.2 Å². The number of nitrogens with two attached hydrogens (primary N) is 1. The van der Waals surface area contributed by atoms with Gasteiger partial charge in [-0.15, -0.1) is 0 Å². The summed E-state index contributed by atoms with van der Waals surface area (Å²) >= 11 is 0. The van der Waals surface area contributed by atoms with E-state index in [-0.39, 0.29) is 10.8 Å². The minimum Gasteiger partial charge on any atom is -0.493 e. The molecule has 0 radical (unpaired) electrons. The van der Waals surface area contributed by atoms with E-state index < -0.39 is 5.91 Å². The number of primary amides is 1. The minimum absolute atomic E-state index is 0.132. The van der Waals surface area contributed by atoms with Gasteiger partial charge in [-0.2, -0.15) is 0 Å². The van der Waals surface area contributed by atoms with Crippen LogP contribution in [0, 0.1) is 0 Å². The van der Waals surface area contributed by atoms with E-state index in [4.69, 9.17) is 10.5 Å². The molecule has 4 rings (SSSR count). The second-order valence-corrected chi connectivity index (χ2v) is 13.3. The molecule has 0 unspecified atom stereocenters. The van der Waals surface area contributed by atoms with Crippen molar-refractivity contribution in [3.8, 4) is 28.0 Å². The molecule has 228 valence electrons. The van der Waals surface area contributed by atoms with Crippen LogP contribution in [-0.4, -0.2) is 25.1 Å². The number of carbonyl (C=O) groups excluding carboxylic acids is 1. The Morgan fingerprint density at radius 2 is 1.40 bits per heavy atom. The van der Waals surface area contributed by atoms with Gasteiger partial charge in [0.15, 0.2) is 0 Å². The summed E-state index contributed by atoms with van der Waals surface area (Å²) in [4.78, 5) is 11.5. The normalized spacial score (nSPS) is 15.0.